The Morgan fingerprint density at radius 1 is 1.40 bits per heavy atom. The fraction of sp³-hybridized carbons (Fsp3) is 0.417. The lowest BCUT2D eigenvalue weighted by Gasteiger charge is -2.12. The number of nitrogens with one attached hydrogen (secondary N) is 2. The van der Waals surface area contributed by atoms with Crippen molar-refractivity contribution in [2.24, 2.45) is 0 Å². The van der Waals surface area contributed by atoms with Crippen LogP contribution in [0.1, 0.15) is 36.2 Å². The Hall–Kier alpha value is -2.09. The highest BCUT2D eigenvalue weighted by Crippen LogP contribution is 2.34. The number of aromatic nitrogens is 6. The summed E-state index contributed by atoms with van der Waals surface area (Å²) in [6, 6.07) is -0.0724. The molecule has 3 heterocycles. The minimum Gasteiger partial charge on any atom is -0.360 e. The lowest BCUT2D eigenvalue weighted by Crippen LogP contribution is -2.10. The lowest BCUT2D eigenvalue weighted by atomic mass is 10.1. The molecule has 0 saturated heterocycles. The molecule has 104 valence electrons. The van der Waals surface area contributed by atoms with Crippen LogP contribution in [0.5, 0.6) is 0 Å². The van der Waals surface area contributed by atoms with Crippen LogP contribution in [0.2, 0.25) is 0 Å². The van der Waals surface area contributed by atoms with Gasteiger partial charge in [-0.2, -0.15) is 5.21 Å². The molecule has 0 amide bonds. The molecule has 3 aromatic heterocycles. The summed E-state index contributed by atoms with van der Waals surface area (Å²) in [6.07, 6.45) is 2.55. The van der Waals surface area contributed by atoms with E-state index in [2.05, 4.69) is 49.8 Å². The minimum absolute atomic E-state index is 0.0724. The van der Waals surface area contributed by atoms with Gasteiger partial charge in [0.2, 0.25) is 0 Å². The molecule has 2 N–H and O–H groups in total. The van der Waals surface area contributed by atoms with E-state index < -0.39 is 0 Å². The molecule has 3 aromatic rings. The van der Waals surface area contributed by atoms with Crippen LogP contribution in [-0.4, -0.2) is 30.6 Å². The van der Waals surface area contributed by atoms with E-state index in [4.69, 9.17) is 0 Å². The maximum Gasteiger partial charge on any atom is 0.196 e. The first-order chi connectivity index (χ1) is 9.70. The Labute approximate surface area is 119 Å². The third kappa shape index (κ3) is 2.11. The molecule has 1 atom stereocenters. The van der Waals surface area contributed by atoms with E-state index in [9.17, 15) is 0 Å². The number of nitrogens with zero attached hydrogens (tertiary/aromatic N) is 5. The van der Waals surface area contributed by atoms with Crippen molar-refractivity contribution in [3.8, 4) is 0 Å². The van der Waals surface area contributed by atoms with E-state index in [0.29, 0.717) is 5.82 Å². The summed E-state index contributed by atoms with van der Waals surface area (Å²) in [5, 5.41) is 18.5. The van der Waals surface area contributed by atoms with Gasteiger partial charge in [0.05, 0.1) is 11.4 Å². The van der Waals surface area contributed by atoms with Crippen LogP contribution in [0.3, 0.4) is 0 Å². The van der Waals surface area contributed by atoms with Gasteiger partial charge in [-0.3, -0.25) is 0 Å². The van der Waals surface area contributed by atoms with Gasteiger partial charge in [-0.05, 0) is 25.8 Å². The normalized spacial score (nSPS) is 12.8. The second kappa shape index (κ2) is 5.12. The van der Waals surface area contributed by atoms with Gasteiger partial charge in [0.25, 0.3) is 0 Å². The molecule has 0 spiro atoms. The third-order valence-electron chi connectivity index (χ3n) is 3.24. The van der Waals surface area contributed by atoms with Crippen LogP contribution < -0.4 is 5.32 Å². The largest absolute Gasteiger partial charge is 0.360 e. The first kappa shape index (κ1) is 12.9. The van der Waals surface area contributed by atoms with Gasteiger partial charge in [-0.25, -0.2) is 9.97 Å². The predicted octanol–water partition coefficient (Wildman–Crippen LogP) is 2.25. The number of fused-ring (bicyclic) bond motifs is 1. The Bertz CT molecular complexity index is 719. The summed E-state index contributed by atoms with van der Waals surface area (Å²) >= 11 is 1.70. The van der Waals surface area contributed by atoms with E-state index in [1.807, 2.05) is 6.92 Å². The van der Waals surface area contributed by atoms with Crippen LogP contribution in [0.25, 0.3) is 10.2 Å². The number of aromatic amines is 1. The molecule has 0 aliphatic rings. The molecule has 0 unspecified atom stereocenters. The molecule has 8 heteroatoms. The maximum atomic E-state index is 4.38. The monoisotopic (exact) mass is 289 g/mol. The van der Waals surface area contributed by atoms with Crippen molar-refractivity contribution in [2.45, 2.75) is 33.2 Å². The molecule has 7 nitrogen and oxygen atoms in total. The van der Waals surface area contributed by atoms with Crippen molar-refractivity contribution < 1.29 is 0 Å². The summed E-state index contributed by atoms with van der Waals surface area (Å²) in [6.45, 7) is 6.25. The zero-order valence-corrected chi connectivity index (χ0v) is 12.3. The average molecular weight is 289 g/mol. The van der Waals surface area contributed by atoms with Gasteiger partial charge < -0.3 is 5.32 Å². The van der Waals surface area contributed by atoms with Crippen LogP contribution in [0, 0.1) is 6.92 Å². The Morgan fingerprint density at radius 2 is 2.25 bits per heavy atom. The highest BCUT2D eigenvalue weighted by atomic mass is 32.1. The number of tetrazole rings is 1. The number of hydrogen-bond donors (Lipinski definition) is 2. The number of rotatable bonds is 4. The van der Waals surface area contributed by atoms with Crippen molar-refractivity contribution in [3.05, 3.63) is 22.6 Å². The number of hydrogen-bond acceptors (Lipinski definition) is 7. The first-order valence-electron chi connectivity index (χ1n) is 6.43. The second-order valence-corrected chi connectivity index (χ2v) is 5.73. The number of thiophene rings is 1. The quantitative estimate of drug-likeness (QED) is 0.765. The van der Waals surface area contributed by atoms with Crippen LogP contribution in [-0.2, 0) is 6.42 Å². The molecule has 0 aliphatic heterocycles. The van der Waals surface area contributed by atoms with E-state index in [1.54, 1.807) is 17.7 Å². The van der Waals surface area contributed by atoms with Gasteiger partial charge in [0.1, 0.15) is 17.0 Å². The van der Waals surface area contributed by atoms with Gasteiger partial charge >= 0.3 is 0 Å². The zero-order chi connectivity index (χ0) is 14.1. The predicted molar refractivity (Wildman–Crippen MR) is 77.7 cm³/mol. The molecular formula is C12H15N7S. The third-order valence-corrected chi connectivity index (χ3v) is 4.30. The van der Waals surface area contributed by atoms with E-state index in [1.165, 1.54) is 10.4 Å². The van der Waals surface area contributed by atoms with Gasteiger partial charge in [-0.15, -0.1) is 21.5 Å². The van der Waals surface area contributed by atoms with E-state index in [-0.39, 0.29) is 6.04 Å². The van der Waals surface area contributed by atoms with Gasteiger partial charge in [0.15, 0.2) is 5.82 Å². The molecule has 20 heavy (non-hydrogen) atoms. The molecule has 0 aliphatic carbocycles. The molecular weight excluding hydrogens is 274 g/mol. The van der Waals surface area contributed by atoms with Crippen molar-refractivity contribution >= 4 is 27.4 Å². The van der Waals surface area contributed by atoms with E-state index in [0.717, 1.165) is 22.5 Å². The Morgan fingerprint density at radius 3 is 2.95 bits per heavy atom. The second-order valence-electron chi connectivity index (χ2n) is 4.53. The zero-order valence-electron chi connectivity index (χ0n) is 11.5. The lowest BCUT2D eigenvalue weighted by molar-refractivity contribution is 0.789. The van der Waals surface area contributed by atoms with Gasteiger partial charge in [-0.1, -0.05) is 12.1 Å². The van der Waals surface area contributed by atoms with Crippen molar-refractivity contribution in [2.75, 3.05) is 5.32 Å². The molecule has 0 fully saturated rings. The highest BCUT2D eigenvalue weighted by molar-refractivity contribution is 7.18. The average Bonchev–Trinajstić information content (AvgIpc) is 3.05. The van der Waals surface area contributed by atoms with Crippen LogP contribution >= 0.6 is 11.3 Å². The van der Waals surface area contributed by atoms with E-state index >= 15 is 0 Å². The van der Waals surface area contributed by atoms with Crippen LogP contribution in [0.4, 0.5) is 5.82 Å². The Kier molecular flexibility index (Phi) is 3.31. The first-order valence-corrected chi connectivity index (χ1v) is 7.25. The van der Waals surface area contributed by atoms with Crippen molar-refractivity contribution in [1.82, 2.24) is 30.6 Å². The standard InChI is InChI=1S/C12H15N7S/c1-4-8-7(3)20-12-9(8)11(13-5-14-12)15-6(2)10-16-18-19-17-10/h5-6H,4H2,1-3H3,(H,13,14,15)(H,16,17,18,19)/t6-/m0/s1. The maximum absolute atomic E-state index is 4.38. The number of H-pyrrole nitrogens is 1. The summed E-state index contributed by atoms with van der Waals surface area (Å²) in [7, 11) is 0. The summed E-state index contributed by atoms with van der Waals surface area (Å²) < 4.78 is 0. The van der Waals surface area contributed by atoms with Crippen LogP contribution in [0.15, 0.2) is 6.33 Å². The smallest absolute Gasteiger partial charge is 0.196 e. The molecule has 0 radical (unpaired) electrons. The fourth-order valence-electron chi connectivity index (χ4n) is 2.26. The summed E-state index contributed by atoms with van der Waals surface area (Å²) in [5.41, 5.74) is 1.30. The molecule has 0 bridgehead atoms. The molecule has 3 rings (SSSR count). The molecule has 0 aromatic carbocycles. The number of anilines is 1. The van der Waals surface area contributed by atoms with Crippen molar-refractivity contribution in [3.63, 3.8) is 0 Å². The number of aryl methyl sites for hydroxylation is 2. The topological polar surface area (TPSA) is 92.3 Å². The Balaban J connectivity index is 2.03. The summed E-state index contributed by atoms with van der Waals surface area (Å²) in [5.74, 6) is 1.44. The van der Waals surface area contributed by atoms with Crippen molar-refractivity contribution in [1.29, 1.82) is 0 Å². The minimum atomic E-state index is -0.0724. The summed E-state index contributed by atoms with van der Waals surface area (Å²) in [4.78, 5) is 11.0. The highest BCUT2D eigenvalue weighted by Gasteiger charge is 2.17. The molecule has 0 saturated carbocycles. The van der Waals surface area contributed by atoms with Gasteiger partial charge in [0, 0.05) is 4.88 Å². The fourth-order valence-corrected chi connectivity index (χ4v) is 3.34. The SMILES string of the molecule is CCc1c(C)sc2ncnc(N[C@@H](C)c3nn[nH]n3)c12.